The highest BCUT2D eigenvalue weighted by molar-refractivity contribution is 8.71. The fourth-order valence-electron chi connectivity index (χ4n) is 2.30. The van der Waals surface area contributed by atoms with E-state index >= 15 is 0 Å². The Morgan fingerprint density at radius 3 is 2.35 bits per heavy atom. The van der Waals surface area contributed by atoms with Gasteiger partial charge in [-0.15, -0.1) is 0 Å². The van der Waals surface area contributed by atoms with Crippen molar-refractivity contribution in [3.63, 3.8) is 0 Å². The highest BCUT2D eigenvalue weighted by atomic mass is 32.9. The first kappa shape index (κ1) is 27.1. The Morgan fingerprint density at radius 2 is 1.81 bits per heavy atom. The van der Waals surface area contributed by atoms with Crippen LogP contribution in [0.4, 0.5) is 0 Å². The highest BCUT2D eigenvalue weighted by Crippen LogP contribution is 2.58. The molecule has 0 spiro atoms. The number of amides is 2. The maximum absolute atomic E-state index is 12.5. The van der Waals surface area contributed by atoms with E-state index in [1.165, 1.54) is 11.4 Å². The number of carboxylic acid groups (broad SMARTS) is 2. The molecule has 0 aromatic heterocycles. The molecular formula is C18H26N3O7PS2. The molecule has 6 N–H and O–H groups in total. The van der Waals surface area contributed by atoms with Crippen molar-refractivity contribution < 1.29 is 33.9 Å². The monoisotopic (exact) mass is 491 g/mol. The predicted octanol–water partition coefficient (Wildman–Crippen LogP) is 0.269. The normalized spacial score (nSPS) is 14.6. The van der Waals surface area contributed by atoms with Crippen LogP contribution in [0.3, 0.4) is 0 Å². The van der Waals surface area contributed by atoms with Gasteiger partial charge in [0, 0.05) is 17.5 Å². The third-order valence-corrected chi connectivity index (χ3v) is 10.5. The average Bonchev–Trinajstić information content (AvgIpc) is 2.73. The molecule has 172 valence electrons. The third kappa shape index (κ3) is 9.79. The molecule has 0 saturated heterocycles. The zero-order valence-electron chi connectivity index (χ0n) is 16.9. The Hall–Kier alpha value is -1.98. The SMILES string of the molecule is CCOP(=S)(SC[C@H](NC(=O)[C@@H](N)CCC(=O)O)C(=O)NCC(=O)O)c1ccccc1. The molecule has 0 aliphatic carbocycles. The smallest absolute Gasteiger partial charge is 0.322 e. The Bertz CT molecular complexity index is 826. The number of nitrogens with two attached hydrogens (primary N) is 1. The van der Waals surface area contributed by atoms with E-state index in [0.717, 1.165) is 5.30 Å². The van der Waals surface area contributed by atoms with Gasteiger partial charge in [-0.2, -0.15) is 0 Å². The van der Waals surface area contributed by atoms with E-state index in [1.54, 1.807) is 6.92 Å². The van der Waals surface area contributed by atoms with E-state index in [9.17, 15) is 19.2 Å². The van der Waals surface area contributed by atoms with Gasteiger partial charge in [-0.3, -0.25) is 19.2 Å². The lowest BCUT2D eigenvalue weighted by atomic mass is 10.1. The number of carbonyl (C=O) groups excluding carboxylic acids is 2. The van der Waals surface area contributed by atoms with Crippen LogP contribution in [0, 0.1) is 0 Å². The average molecular weight is 492 g/mol. The van der Waals surface area contributed by atoms with Crippen LogP contribution in [0.25, 0.3) is 0 Å². The molecule has 0 aliphatic rings. The number of rotatable bonds is 14. The van der Waals surface area contributed by atoms with E-state index in [1.807, 2.05) is 30.3 Å². The highest BCUT2D eigenvalue weighted by Gasteiger charge is 2.29. The number of hydrogen-bond donors (Lipinski definition) is 5. The molecule has 0 saturated carbocycles. The summed E-state index contributed by atoms with van der Waals surface area (Å²) < 4.78 is 5.82. The summed E-state index contributed by atoms with van der Waals surface area (Å²) in [6.45, 7) is 1.52. The topological polar surface area (TPSA) is 168 Å². The van der Waals surface area contributed by atoms with Gasteiger partial charge in [-0.25, -0.2) is 0 Å². The van der Waals surface area contributed by atoms with Crippen LogP contribution in [0.2, 0.25) is 0 Å². The van der Waals surface area contributed by atoms with Crippen LogP contribution in [-0.2, 0) is 35.5 Å². The summed E-state index contributed by atoms with van der Waals surface area (Å²) in [5, 5.41) is 23.0. The maximum atomic E-state index is 12.5. The summed E-state index contributed by atoms with van der Waals surface area (Å²) in [4.78, 5) is 46.3. The molecule has 13 heteroatoms. The Kier molecular flexibility index (Phi) is 11.7. The molecule has 1 unspecified atom stereocenters. The van der Waals surface area contributed by atoms with E-state index in [2.05, 4.69) is 10.6 Å². The Morgan fingerprint density at radius 1 is 1.16 bits per heavy atom. The molecule has 10 nitrogen and oxygen atoms in total. The van der Waals surface area contributed by atoms with E-state index in [0.29, 0.717) is 6.61 Å². The molecule has 0 bridgehead atoms. The fourth-order valence-corrected chi connectivity index (χ4v) is 7.74. The van der Waals surface area contributed by atoms with Crippen molar-refractivity contribution in [2.75, 3.05) is 18.9 Å². The third-order valence-electron chi connectivity index (χ3n) is 3.84. The van der Waals surface area contributed by atoms with Crippen molar-refractivity contribution in [3.8, 4) is 0 Å². The summed E-state index contributed by atoms with van der Waals surface area (Å²) >= 11 is 6.93. The summed E-state index contributed by atoms with van der Waals surface area (Å²) in [6, 6.07) is 6.83. The summed E-state index contributed by atoms with van der Waals surface area (Å²) in [7, 11) is 0. The minimum Gasteiger partial charge on any atom is -0.481 e. The molecule has 2 amide bonds. The Balaban J connectivity index is 2.95. The van der Waals surface area contributed by atoms with Crippen molar-refractivity contribution in [1.82, 2.24) is 10.6 Å². The maximum Gasteiger partial charge on any atom is 0.322 e. The number of carbonyl (C=O) groups is 4. The van der Waals surface area contributed by atoms with Gasteiger partial charge in [0.2, 0.25) is 11.8 Å². The summed E-state index contributed by atoms with van der Waals surface area (Å²) in [5.41, 5.74) is 3.11. The molecule has 1 aromatic rings. The number of nitrogens with one attached hydrogen (secondary N) is 2. The summed E-state index contributed by atoms with van der Waals surface area (Å²) in [5.74, 6) is -3.78. The standard InChI is InChI=1S/C18H26N3O7PS2/c1-2-28-29(30,12-6-4-3-5-7-12)31-11-14(18(27)20-10-16(24)25)21-17(26)13(19)8-9-15(22)23/h3-7,13-14H,2,8-11,19H2,1H3,(H,20,27)(H,21,26)(H,22,23)(H,24,25)/t13-,14-,29?/m0/s1. The first-order valence-corrected chi connectivity index (χ1v) is 13.6. The quantitative estimate of drug-likeness (QED) is 0.228. The van der Waals surface area contributed by atoms with Gasteiger partial charge in [0.05, 0.1) is 12.6 Å². The van der Waals surface area contributed by atoms with Crippen LogP contribution >= 0.6 is 16.8 Å². The number of hydrogen-bond acceptors (Lipinski definition) is 8. The van der Waals surface area contributed by atoms with Gasteiger partial charge < -0.3 is 31.1 Å². The van der Waals surface area contributed by atoms with Crippen molar-refractivity contribution in [2.45, 2.75) is 31.8 Å². The lowest BCUT2D eigenvalue weighted by Gasteiger charge is -2.25. The van der Waals surface area contributed by atoms with Crippen molar-refractivity contribution >= 4 is 57.7 Å². The van der Waals surface area contributed by atoms with E-state index in [-0.39, 0.29) is 18.6 Å². The van der Waals surface area contributed by atoms with Gasteiger partial charge in [0.25, 0.3) is 0 Å². The second-order valence-corrected chi connectivity index (χ2v) is 13.2. The lowest BCUT2D eigenvalue weighted by Crippen LogP contribution is -2.53. The molecule has 3 atom stereocenters. The molecule has 0 aliphatic heterocycles. The number of carboxylic acids is 2. The van der Waals surface area contributed by atoms with Crippen LogP contribution < -0.4 is 21.7 Å². The molecule has 0 radical (unpaired) electrons. The Labute approximate surface area is 189 Å². The first-order valence-electron chi connectivity index (χ1n) is 9.31. The predicted molar refractivity (Wildman–Crippen MR) is 122 cm³/mol. The molecule has 0 heterocycles. The van der Waals surface area contributed by atoms with E-state index in [4.69, 9.17) is 32.3 Å². The zero-order valence-corrected chi connectivity index (χ0v) is 19.4. The molecular weight excluding hydrogens is 465 g/mol. The van der Waals surface area contributed by atoms with Gasteiger partial charge in [-0.05, 0) is 13.3 Å². The fraction of sp³-hybridized carbons (Fsp3) is 0.444. The van der Waals surface area contributed by atoms with Gasteiger partial charge in [0.15, 0.2) is 0 Å². The minimum absolute atomic E-state index is 0.00894. The molecule has 1 rings (SSSR count). The van der Waals surface area contributed by atoms with Crippen molar-refractivity contribution in [2.24, 2.45) is 5.73 Å². The largest absolute Gasteiger partial charge is 0.481 e. The number of aliphatic carboxylic acids is 2. The van der Waals surface area contributed by atoms with Crippen LogP contribution in [0.1, 0.15) is 19.8 Å². The molecule has 0 fully saturated rings. The van der Waals surface area contributed by atoms with Gasteiger partial charge in [-0.1, -0.05) is 53.5 Å². The van der Waals surface area contributed by atoms with Crippen molar-refractivity contribution in [3.05, 3.63) is 30.3 Å². The first-order chi connectivity index (χ1) is 14.6. The van der Waals surface area contributed by atoms with Crippen LogP contribution in [-0.4, -0.2) is 65.0 Å². The molecule has 31 heavy (non-hydrogen) atoms. The zero-order chi connectivity index (χ0) is 23.4. The second kappa shape index (κ2) is 13.4. The van der Waals surface area contributed by atoms with Crippen LogP contribution in [0.15, 0.2) is 30.3 Å². The van der Waals surface area contributed by atoms with Crippen molar-refractivity contribution in [1.29, 1.82) is 0 Å². The van der Waals surface area contributed by atoms with Gasteiger partial charge in [0.1, 0.15) is 18.1 Å². The number of benzene rings is 1. The van der Waals surface area contributed by atoms with Crippen LogP contribution in [0.5, 0.6) is 0 Å². The van der Waals surface area contributed by atoms with E-state index < -0.39 is 47.8 Å². The minimum atomic E-state index is -2.60. The molecule has 1 aromatic carbocycles. The van der Waals surface area contributed by atoms with Gasteiger partial charge >= 0.3 is 11.9 Å². The lowest BCUT2D eigenvalue weighted by molar-refractivity contribution is -0.138. The second-order valence-electron chi connectivity index (χ2n) is 6.26. The summed E-state index contributed by atoms with van der Waals surface area (Å²) in [6.07, 6.45) is -0.420.